The molecule has 2 aromatic rings. The molecule has 2 nitrogen and oxygen atoms in total. The topological polar surface area (TPSA) is 23.5 Å². The number of aromatic hydroxyl groups is 1. The fourth-order valence-electron chi connectivity index (χ4n) is 3.54. The summed E-state index contributed by atoms with van der Waals surface area (Å²) in [5, 5.41) is 9.86. The van der Waals surface area contributed by atoms with Gasteiger partial charge in [0.05, 0.1) is 0 Å². The van der Waals surface area contributed by atoms with Crippen LogP contribution in [0.4, 0.5) is 0 Å². The molecule has 1 aliphatic heterocycles. The molecule has 21 heavy (non-hydrogen) atoms. The highest BCUT2D eigenvalue weighted by atomic mass is 16.3. The van der Waals surface area contributed by atoms with E-state index in [1.807, 2.05) is 12.1 Å². The third-order valence-electron chi connectivity index (χ3n) is 4.60. The number of benzene rings is 2. The van der Waals surface area contributed by atoms with Gasteiger partial charge in [0.25, 0.3) is 0 Å². The number of phenolic OH excluding ortho intramolecular Hbond substituents is 1. The largest absolute Gasteiger partial charge is 0.508 e. The molecule has 0 bridgehead atoms. The molecule has 0 amide bonds. The lowest BCUT2D eigenvalue weighted by molar-refractivity contribution is 0.169. The summed E-state index contributed by atoms with van der Waals surface area (Å²) in [6, 6.07) is 18.9. The quantitative estimate of drug-likeness (QED) is 0.919. The van der Waals surface area contributed by atoms with E-state index in [9.17, 15) is 5.11 Å². The number of phenols is 1. The van der Waals surface area contributed by atoms with Gasteiger partial charge in [-0.05, 0) is 49.7 Å². The van der Waals surface area contributed by atoms with Gasteiger partial charge in [0.1, 0.15) is 5.75 Å². The first-order valence-corrected chi connectivity index (χ1v) is 7.80. The molecule has 0 spiro atoms. The van der Waals surface area contributed by atoms with E-state index in [-0.39, 0.29) is 0 Å². The van der Waals surface area contributed by atoms with Crippen molar-refractivity contribution >= 4 is 0 Å². The number of likely N-dealkylation sites (tertiary alicyclic amines) is 1. The Balaban J connectivity index is 2.02. The van der Waals surface area contributed by atoms with Gasteiger partial charge in [-0.15, -0.1) is 0 Å². The van der Waals surface area contributed by atoms with Gasteiger partial charge in [0, 0.05) is 12.0 Å². The first-order valence-electron chi connectivity index (χ1n) is 7.80. The molecule has 3 rings (SSSR count). The van der Waals surface area contributed by atoms with Gasteiger partial charge >= 0.3 is 0 Å². The summed E-state index contributed by atoms with van der Waals surface area (Å²) in [6.07, 6.45) is 3.79. The van der Waals surface area contributed by atoms with Gasteiger partial charge in [-0.1, -0.05) is 48.9 Å². The minimum absolute atomic E-state index is 0.323. The number of hydrogen-bond acceptors (Lipinski definition) is 2. The van der Waals surface area contributed by atoms with Gasteiger partial charge in [-0.2, -0.15) is 0 Å². The van der Waals surface area contributed by atoms with Crippen molar-refractivity contribution in [3.63, 3.8) is 0 Å². The van der Waals surface area contributed by atoms with Crippen molar-refractivity contribution in [2.45, 2.75) is 31.2 Å². The van der Waals surface area contributed by atoms with Crippen LogP contribution >= 0.6 is 0 Å². The van der Waals surface area contributed by atoms with Crippen molar-refractivity contribution in [1.29, 1.82) is 0 Å². The van der Waals surface area contributed by atoms with Crippen LogP contribution in [0.5, 0.6) is 5.75 Å². The molecule has 110 valence electrons. The molecular formula is C19H23NO. The van der Waals surface area contributed by atoms with Crippen LogP contribution in [0, 0.1) is 0 Å². The second kappa shape index (κ2) is 6.31. The monoisotopic (exact) mass is 281 g/mol. The highest BCUT2D eigenvalue weighted by Crippen LogP contribution is 2.36. The van der Waals surface area contributed by atoms with E-state index in [4.69, 9.17) is 0 Å². The predicted molar refractivity (Wildman–Crippen MR) is 86.7 cm³/mol. The average Bonchev–Trinajstić information content (AvgIpc) is 2.51. The van der Waals surface area contributed by atoms with E-state index < -0.39 is 0 Å². The summed E-state index contributed by atoms with van der Waals surface area (Å²) < 4.78 is 0. The molecular weight excluding hydrogens is 258 g/mol. The first-order chi connectivity index (χ1) is 10.3. The Kier molecular flexibility index (Phi) is 4.26. The molecule has 2 atom stereocenters. The summed E-state index contributed by atoms with van der Waals surface area (Å²) in [4.78, 5) is 2.48. The van der Waals surface area contributed by atoms with Crippen LogP contribution in [-0.2, 0) is 0 Å². The molecule has 0 aromatic heterocycles. The van der Waals surface area contributed by atoms with Gasteiger partial charge < -0.3 is 10.0 Å². The van der Waals surface area contributed by atoms with Crippen molar-refractivity contribution < 1.29 is 5.11 Å². The average molecular weight is 281 g/mol. The predicted octanol–water partition coefficient (Wildman–Crippen LogP) is 4.01. The zero-order valence-corrected chi connectivity index (χ0v) is 12.6. The minimum Gasteiger partial charge on any atom is -0.508 e. The van der Waals surface area contributed by atoms with Crippen LogP contribution in [0.15, 0.2) is 54.6 Å². The SMILES string of the molecule is CN1CCCC[C@H]1[C@@H](c1ccccc1)c1cccc(O)c1. The second-order valence-electron chi connectivity index (χ2n) is 6.03. The fourth-order valence-corrected chi connectivity index (χ4v) is 3.54. The normalized spacial score (nSPS) is 21.1. The zero-order chi connectivity index (χ0) is 14.7. The van der Waals surface area contributed by atoms with Gasteiger partial charge in [-0.3, -0.25) is 0 Å². The Labute approximate surface area is 127 Å². The number of likely N-dealkylation sites (N-methyl/N-ethyl adjacent to an activating group) is 1. The van der Waals surface area contributed by atoms with Gasteiger partial charge in [0.2, 0.25) is 0 Å². The van der Waals surface area contributed by atoms with E-state index in [1.54, 1.807) is 6.07 Å². The molecule has 0 saturated carbocycles. The van der Waals surface area contributed by atoms with Crippen molar-refractivity contribution in [1.82, 2.24) is 4.90 Å². The van der Waals surface area contributed by atoms with Gasteiger partial charge in [-0.25, -0.2) is 0 Å². The Hall–Kier alpha value is -1.80. The Bertz CT molecular complexity index is 581. The minimum atomic E-state index is 0.323. The molecule has 1 heterocycles. The first kappa shape index (κ1) is 14.2. The lowest BCUT2D eigenvalue weighted by Crippen LogP contribution is -2.40. The van der Waals surface area contributed by atoms with E-state index in [0.717, 1.165) is 6.54 Å². The molecule has 0 unspecified atom stereocenters. The summed E-state index contributed by atoms with van der Waals surface area (Å²) in [7, 11) is 2.22. The summed E-state index contributed by atoms with van der Waals surface area (Å²) >= 11 is 0. The van der Waals surface area contributed by atoms with E-state index in [2.05, 4.69) is 48.3 Å². The smallest absolute Gasteiger partial charge is 0.115 e. The van der Waals surface area contributed by atoms with Crippen molar-refractivity contribution in [2.75, 3.05) is 13.6 Å². The molecule has 0 radical (unpaired) electrons. The van der Waals surface area contributed by atoms with E-state index in [0.29, 0.717) is 17.7 Å². The number of nitrogens with zero attached hydrogens (tertiary/aromatic N) is 1. The highest BCUT2D eigenvalue weighted by molar-refractivity contribution is 5.38. The lowest BCUT2D eigenvalue weighted by atomic mass is 9.80. The molecule has 2 aromatic carbocycles. The van der Waals surface area contributed by atoms with Crippen molar-refractivity contribution in [3.8, 4) is 5.75 Å². The maximum atomic E-state index is 9.86. The van der Waals surface area contributed by atoms with Crippen LogP contribution in [0.3, 0.4) is 0 Å². The van der Waals surface area contributed by atoms with Crippen LogP contribution < -0.4 is 0 Å². The van der Waals surface area contributed by atoms with E-state index >= 15 is 0 Å². The Morgan fingerprint density at radius 3 is 2.48 bits per heavy atom. The molecule has 1 N–H and O–H groups in total. The third kappa shape index (κ3) is 3.11. The number of hydrogen-bond donors (Lipinski definition) is 1. The zero-order valence-electron chi connectivity index (χ0n) is 12.6. The summed E-state index contributed by atoms with van der Waals surface area (Å²) in [5.74, 6) is 0.676. The standard InChI is InChI=1S/C19H23NO/c1-20-13-6-5-12-18(20)19(15-8-3-2-4-9-15)16-10-7-11-17(21)14-16/h2-4,7-11,14,18-19,21H,5-6,12-13H2,1H3/t18-,19-/m0/s1. The molecule has 1 fully saturated rings. The van der Waals surface area contributed by atoms with Crippen LogP contribution in [-0.4, -0.2) is 29.6 Å². The van der Waals surface area contributed by atoms with Crippen LogP contribution in [0.2, 0.25) is 0 Å². The molecule has 2 heteroatoms. The summed E-state index contributed by atoms with van der Waals surface area (Å²) in [5.41, 5.74) is 2.54. The second-order valence-corrected chi connectivity index (χ2v) is 6.03. The Morgan fingerprint density at radius 2 is 1.76 bits per heavy atom. The van der Waals surface area contributed by atoms with Crippen molar-refractivity contribution in [2.24, 2.45) is 0 Å². The summed E-state index contributed by atoms with van der Waals surface area (Å²) in [6.45, 7) is 1.16. The third-order valence-corrected chi connectivity index (χ3v) is 4.60. The Morgan fingerprint density at radius 1 is 1.00 bits per heavy atom. The molecule has 1 aliphatic rings. The maximum absolute atomic E-state index is 9.86. The number of rotatable bonds is 3. The van der Waals surface area contributed by atoms with Crippen LogP contribution in [0.25, 0.3) is 0 Å². The number of piperidine rings is 1. The van der Waals surface area contributed by atoms with Crippen molar-refractivity contribution in [3.05, 3.63) is 65.7 Å². The lowest BCUT2D eigenvalue weighted by Gasteiger charge is -2.38. The molecule has 1 saturated heterocycles. The van der Waals surface area contributed by atoms with Crippen LogP contribution in [0.1, 0.15) is 36.3 Å². The highest BCUT2D eigenvalue weighted by Gasteiger charge is 2.30. The molecule has 0 aliphatic carbocycles. The fraction of sp³-hybridized carbons (Fsp3) is 0.368. The van der Waals surface area contributed by atoms with Gasteiger partial charge in [0.15, 0.2) is 0 Å². The van der Waals surface area contributed by atoms with E-state index in [1.165, 1.54) is 30.4 Å². The maximum Gasteiger partial charge on any atom is 0.115 e.